The molecule has 0 fully saturated rings. The summed E-state index contributed by atoms with van der Waals surface area (Å²) in [7, 11) is 0. The zero-order valence-electron chi connectivity index (χ0n) is 10.6. The van der Waals surface area contributed by atoms with E-state index in [1.54, 1.807) is 0 Å². The van der Waals surface area contributed by atoms with Crippen LogP contribution in [0.5, 0.6) is 0 Å². The second kappa shape index (κ2) is 3.62. The number of hydrogen-bond donors (Lipinski definition) is 1. The predicted octanol–water partition coefficient (Wildman–Crippen LogP) is 5.49. The van der Waals surface area contributed by atoms with Crippen LogP contribution in [0.4, 0.5) is 0 Å². The zero-order valence-corrected chi connectivity index (χ0v) is 11.4. The van der Waals surface area contributed by atoms with Crippen LogP contribution in [0, 0.1) is 6.07 Å². The molecule has 0 saturated heterocycles. The van der Waals surface area contributed by atoms with Gasteiger partial charge < -0.3 is 4.98 Å². The molecule has 1 radical (unpaired) electrons. The summed E-state index contributed by atoms with van der Waals surface area (Å²) in [6, 6.07) is 22.4. The van der Waals surface area contributed by atoms with Gasteiger partial charge in [-0.05, 0) is 18.2 Å². The molecule has 0 bridgehead atoms. The molecule has 0 unspecified atom stereocenters. The van der Waals surface area contributed by atoms with E-state index >= 15 is 0 Å². The lowest BCUT2D eigenvalue weighted by atomic mass is 10.1. The van der Waals surface area contributed by atoms with Crippen molar-refractivity contribution in [3.05, 3.63) is 60.7 Å². The topological polar surface area (TPSA) is 15.8 Å². The Balaban J connectivity index is 2.10. The molecule has 0 spiro atoms. The number of nitrogens with one attached hydrogen (secondary N) is 1. The highest BCUT2D eigenvalue weighted by molar-refractivity contribution is 7.26. The second-order valence-electron chi connectivity index (χ2n) is 5.06. The normalized spacial score (nSPS) is 12.0. The molecule has 0 aliphatic rings. The zero-order chi connectivity index (χ0) is 13.1. The molecule has 5 aromatic rings. The van der Waals surface area contributed by atoms with Crippen molar-refractivity contribution in [2.24, 2.45) is 0 Å². The summed E-state index contributed by atoms with van der Waals surface area (Å²) >= 11 is 1.84. The lowest BCUT2D eigenvalue weighted by molar-refractivity contribution is 1.57. The van der Waals surface area contributed by atoms with Crippen LogP contribution in [0.2, 0.25) is 0 Å². The van der Waals surface area contributed by atoms with Crippen molar-refractivity contribution >= 4 is 53.3 Å². The molecule has 1 nitrogen and oxygen atoms in total. The Kier molecular flexibility index (Phi) is 1.89. The second-order valence-corrected chi connectivity index (χ2v) is 6.11. The Hall–Kier alpha value is -2.32. The molecule has 2 heterocycles. The fourth-order valence-electron chi connectivity index (χ4n) is 3.04. The highest BCUT2D eigenvalue weighted by Crippen LogP contribution is 2.39. The number of aromatic nitrogens is 1. The summed E-state index contributed by atoms with van der Waals surface area (Å²) in [6.07, 6.45) is 0. The number of benzene rings is 3. The first-order valence-electron chi connectivity index (χ1n) is 6.63. The average molecular weight is 272 g/mol. The monoisotopic (exact) mass is 272 g/mol. The number of para-hydroxylation sites is 1. The van der Waals surface area contributed by atoms with Crippen molar-refractivity contribution in [1.29, 1.82) is 0 Å². The standard InChI is InChI=1S/C18H10NS/c1-3-7-15-11(5-1)13-9-10-14-12-6-2-4-8-16(12)20-18(14)17(13)19-15/h1-3,5-10,19H. The number of H-pyrrole nitrogens is 1. The van der Waals surface area contributed by atoms with Crippen molar-refractivity contribution in [2.45, 2.75) is 0 Å². The summed E-state index contributed by atoms with van der Waals surface area (Å²) < 4.78 is 2.64. The first kappa shape index (κ1) is 10.5. The smallest absolute Gasteiger partial charge is 0.0646 e. The maximum atomic E-state index is 3.58. The minimum absolute atomic E-state index is 1.21. The van der Waals surface area contributed by atoms with Crippen LogP contribution in [0.1, 0.15) is 0 Å². The van der Waals surface area contributed by atoms with Gasteiger partial charge in [0.15, 0.2) is 0 Å². The third kappa shape index (κ3) is 1.22. The van der Waals surface area contributed by atoms with Gasteiger partial charge in [0.1, 0.15) is 0 Å². The SMILES string of the molecule is [c]1ccc2c(c1)sc1c2ccc2c3ccccc3[nH]c21. The molecule has 0 saturated carbocycles. The number of fused-ring (bicyclic) bond motifs is 7. The van der Waals surface area contributed by atoms with Gasteiger partial charge in [0.05, 0.1) is 10.2 Å². The van der Waals surface area contributed by atoms with E-state index < -0.39 is 0 Å². The third-order valence-electron chi connectivity index (χ3n) is 3.96. The highest BCUT2D eigenvalue weighted by atomic mass is 32.1. The van der Waals surface area contributed by atoms with Gasteiger partial charge in [-0.1, -0.05) is 42.5 Å². The van der Waals surface area contributed by atoms with Gasteiger partial charge in [-0.2, -0.15) is 0 Å². The van der Waals surface area contributed by atoms with Crippen molar-refractivity contribution in [3.8, 4) is 0 Å². The lowest BCUT2D eigenvalue weighted by Crippen LogP contribution is -1.69. The van der Waals surface area contributed by atoms with E-state index in [2.05, 4.69) is 59.6 Å². The van der Waals surface area contributed by atoms with Crippen molar-refractivity contribution in [1.82, 2.24) is 4.98 Å². The van der Waals surface area contributed by atoms with E-state index in [4.69, 9.17) is 0 Å². The van der Waals surface area contributed by atoms with Crippen molar-refractivity contribution in [2.75, 3.05) is 0 Å². The number of aromatic amines is 1. The van der Waals surface area contributed by atoms with Crippen LogP contribution in [-0.4, -0.2) is 4.98 Å². The van der Waals surface area contributed by atoms with E-state index in [1.165, 1.54) is 42.0 Å². The number of hydrogen-bond acceptors (Lipinski definition) is 1. The average Bonchev–Trinajstić information content (AvgIpc) is 3.05. The van der Waals surface area contributed by atoms with Crippen molar-refractivity contribution in [3.63, 3.8) is 0 Å². The molecule has 0 aliphatic heterocycles. The molecule has 93 valence electrons. The molecule has 3 aromatic carbocycles. The Labute approximate surface area is 119 Å². The first-order chi connectivity index (χ1) is 9.92. The Morgan fingerprint density at radius 1 is 0.850 bits per heavy atom. The van der Waals surface area contributed by atoms with E-state index in [1.807, 2.05) is 17.4 Å². The molecule has 0 atom stereocenters. The summed E-state index contributed by atoms with van der Waals surface area (Å²) in [5, 5.41) is 5.26. The maximum Gasteiger partial charge on any atom is 0.0646 e. The summed E-state index contributed by atoms with van der Waals surface area (Å²) in [4.78, 5) is 3.58. The largest absolute Gasteiger partial charge is 0.353 e. The van der Waals surface area contributed by atoms with E-state index in [9.17, 15) is 0 Å². The molecule has 20 heavy (non-hydrogen) atoms. The molecule has 2 aromatic heterocycles. The molecule has 0 amide bonds. The summed E-state index contributed by atoms with van der Waals surface area (Å²) in [5.74, 6) is 0. The lowest BCUT2D eigenvalue weighted by Gasteiger charge is -1.93. The van der Waals surface area contributed by atoms with Crippen LogP contribution >= 0.6 is 11.3 Å². The van der Waals surface area contributed by atoms with E-state index in [-0.39, 0.29) is 0 Å². The molecule has 2 heteroatoms. The van der Waals surface area contributed by atoms with Gasteiger partial charge >= 0.3 is 0 Å². The number of rotatable bonds is 0. The van der Waals surface area contributed by atoms with Gasteiger partial charge in [-0.3, -0.25) is 0 Å². The van der Waals surface area contributed by atoms with Gasteiger partial charge in [0.25, 0.3) is 0 Å². The van der Waals surface area contributed by atoms with Gasteiger partial charge in [-0.15, -0.1) is 11.3 Å². The Morgan fingerprint density at radius 3 is 2.75 bits per heavy atom. The first-order valence-corrected chi connectivity index (χ1v) is 7.45. The number of thiophene rings is 1. The van der Waals surface area contributed by atoms with Gasteiger partial charge in [0.2, 0.25) is 0 Å². The van der Waals surface area contributed by atoms with Crippen LogP contribution in [0.25, 0.3) is 42.0 Å². The van der Waals surface area contributed by atoms with Crippen LogP contribution in [-0.2, 0) is 0 Å². The molecule has 5 rings (SSSR count). The Morgan fingerprint density at radius 2 is 1.75 bits per heavy atom. The van der Waals surface area contributed by atoms with Gasteiger partial charge in [0, 0.05) is 31.8 Å². The Bertz CT molecular complexity index is 1010. The van der Waals surface area contributed by atoms with Crippen molar-refractivity contribution < 1.29 is 0 Å². The maximum absolute atomic E-state index is 3.58. The summed E-state index contributed by atoms with van der Waals surface area (Å²) in [5.41, 5.74) is 2.46. The third-order valence-corrected chi connectivity index (χ3v) is 5.15. The quantitative estimate of drug-likeness (QED) is 0.383. The molecule has 1 N–H and O–H groups in total. The highest BCUT2D eigenvalue weighted by Gasteiger charge is 2.11. The van der Waals surface area contributed by atoms with Crippen LogP contribution in [0.3, 0.4) is 0 Å². The van der Waals surface area contributed by atoms with Crippen LogP contribution in [0.15, 0.2) is 54.6 Å². The predicted molar refractivity (Wildman–Crippen MR) is 87.5 cm³/mol. The van der Waals surface area contributed by atoms with Gasteiger partial charge in [-0.25, -0.2) is 0 Å². The minimum atomic E-state index is 1.21. The van der Waals surface area contributed by atoms with E-state index in [0.29, 0.717) is 0 Å². The fraction of sp³-hybridized carbons (Fsp3) is 0. The molecular formula is C18H10NS. The summed E-state index contributed by atoms with van der Waals surface area (Å²) in [6.45, 7) is 0. The fourth-order valence-corrected chi connectivity index (χ4v) is 4.23. The molecular weight excluding hydrogens is 262 g/mol. The minimum Gasteiger partial charge on any atom is -0.353 e. The van der Waals surface area contributed by atoms with Crippen LogP contribution < -0.4 is 0 Å². The molecule has 0 aliphatic carbocycles. The van der Waals surface area contributed by atoms with E-state index in [0.717, 1.165) is 0 Å².